The molecule has 1 heterocycles. The van der Waals surface area contributed by atoms with Gasteiger partial charge in [-0.1, -0.05) is 158 Å². The summed E-state index contributed by atoms with van der Waals surface area (Å²) in [5.74, 6) is 0. The Kier molecular flexibility index (Phi) is 4.57. The van der Waals surface area contributed by atoms with Gasteiger partial charge in [-0.05, 0) is 112 Å². The smallest absolute Gasteiger partial charge is 0.136 e. The highest BCUT2D eigenvalue weighted by Gasteiger charge is 2.19. The first-order chi connectivity index (χ1) is 28.6. The number of benzene rings is 10. The van der Waals surface area contributed by atoms with Gasteiger partial charge >= 0.3 is 0 Å². The van der Waals surface area contributed by atoms with E-state index in [0.29, 0.717) is 22.3 Å². The lowest BCUT2D eigenvalue weighted by Crippen LogP contribution is -1.91. The van der Waals surface area contributed by atoms with Crippen LogP contribution in [0.1, 0.15) is 11.0 Å². The number of fused-ring (bicyclic) bond motifs is 9. The Bertz CT molecular complexity index is 3580. The van der Waals surface area contributed by atoms with Crippen molar-refractivity contribution in [3.05, 3.63) is 182 Å². The molecule has 0 bridgehead atoms. The van der Waals surface area contributed by atoms with E-state index in [0.717, 1.165) is 65.4 Å². The molecule has 51 heavy (non-hydrogen) atoms. The van der Waals surface area contributed by atoms with Crippen molar-refractivity contribution in [1.82, 2.24) is 0 Å². The van der Waals surface area contributed by atoms with Crippen LogP contribution in [0.5, 0.6) is 0 Å². The van der Waals surface area contributed by atoms with Crippen molar-refractivity contribution in [3.63, 3.8) is 0 Å². The maximum Gasteiger partial charge on any atom is 0.136 e. The summed E-state index contributed by atoms with van der Waals surface area (Å²) in [5, 5.41) is 8.46. The third-order valence-electron chi connectivity index (χ3n) is 10.3. The molecule has 236 valence electrons. The minimum Gasteiger partial charge on any atom is -0.456 e. The molecule has 0 radical (unpaired) electrons. The molecule has 0 fully saturated rings. The maximum absolute atomic E-state index is 9.44. The van der Waals surface area contributed by atoms with E-state index in [1.165, 1.54) is 0 Å². The molecule has 1 heteroatoms. The molecule has 0 aliphatic heterocycles. The molecule has 0 unspecified atom stereocenters. The van der Waals surface area contributed by atoms with Crippen LogP contribution >= 0.6 is 0 Å². The molecule has 10 aromatic carbocycles. The van der Waals surface area contributed by atoms with Crippen LogP contribution in [0.3, 0.4) is 0 Å². The first kappa shape index (κ1) is 21.4. The number of hydrogen-bond donors (Lipinski definition) is 0. The van der Waals surface area contributed by atoms with Crippen molar-refractivity contribution in [2.75, 3.05) is 0 Å². The summed E-state index contributed by atoms with van der Waals surface area (Å²) in [6.07, 6.45) is 0. The highest BCUT2D eigenvalue weighted by atomic mass is 16.3. The minimum atomic E-state index is -0.427. The molecule has 11 rings (SSSR count). The van der Waals surface area contributed by atoms with E-state index in [9.17, 15) is 5.48 Å². The predicted molar refractivity (Wildman–Crippen MR) is 218 cm³/mol. The van der Waals surface area contributed by atoms with Crippen LogP contribution in [-0.4, -0.2) is 0 Å². The molecule has 0 amide bonds. The molecular formula is C50H30O. The predicted octanol–water partition coefficient (Wildman–Crippen LogP) is 14.4. The lowest BCUT2D eigenvalue weighted by atomic mass is 9.84. The van der Waals surface area contributed by atoms with Crippen LogP contribution in [-0.2, 0) is 0 Å². The standard InChI is InChI=1S/C50H30O/c1-3-14-37-32(11-1)13-9-21-40(37)48-43-18-7-5-16-41(43)47(42-17-6-8-19-44(42)48)35-26-24-31-23-25-34(29-36(31)30-35)39-20-10-22-45-50(39)49-38-15-4-2-12-33(38)27-28-46(49)51-45/h1-30H/i5D,6D,7D,8D,16D,17D,18D,19D. The lowest BCUT2D eigenvalue weighted by Gasteiger charge is -2.19. The first-order valence-electron chi connectivity index (χ1n) is 20.9. The fourth-order valence-corrected chi connectivity index (χ4v) is 8.02. The van der Waals surface area contributed by atoms with Crippen LogP contribution in [0, 0.1) is 0 Å². The van der Waals surface area contributed by atoms with Gasteiger partial charge in [0.1, 0.15) is 11.2 Å². The van der Waals surface area contributed by atoms with Crippen molar-refractivity contribution in [1.29, 1.82) is 0 Å². The molecule has 11 aromatic rings. The minimum absolute atomic E-state index is 0.188. The van der Waals surface area contributed by atoms with E-state index >= 15 is 0 Å². The van der Waals surface area contributed by atoms with Gasteiger partial charge in [0.25, 0.3) is 0 Å². The Morgan fingerprint density at radius 3 is 1.67 bits per heavy atom. The topological polar surface area (TPSA) is 13.1 Å². The molecule has 1 aromatic heterocycles. The zero-order valence-electron chi connectivity index (χ0n) is 35.1. The van der Waals surface area contributed by atoms with E-state index in [4.69, 9.17) is 9.90 Å². The Morgan fingerprint density at radius 2 is 0.902 bits per heavy atom. The van der Waals surface area contributed by atoms with Gasteiger partial charge in [0.15, 0.2) is 0 Å². The summed E-state index contributed by atoms with van der Waals surface area (Å²) in [4.78, 5) is 0. The van der Waals surface area contributed by atoms with E-state index in [1.54, 1.807) is 0 Å². The molecule has 0 aliphatic carbocycles. The van der Waals surface area contributed by atoms with Gasteiger partial charge in [0, 0.05) is 10.8 Å². The van der Waals surface area contributed by atoms with Gasteiger partial charge in [-0.2, -0.15) is 0 Å². The first-order valence-corrected chi connectivity index (χ1v) is 16.9. The van der Waals surface area contributed by atoms with E-state index < -0.39 is 24.2 Å². The third kappa shape index (κ3) is 4.22. The molecule has 0 saturated carbocycles. The van der Waals surface area contributed by atoms with Crippen molar-refractivity contribution in [2.45, 2.75) is 0 Å². The SMILES string of the molecule is [2H]c1c([2H])c([2H])c2c(-c3cccc4ccccc34)c3c([2H])c([2H])c([2H])c([2H])c3c(-c3ccc4ccc(-c5cccc6oc7ccc8ccccc8c7c56)cc4c3)c2c1[2H]. The fourth-order valence-electron chi connectivity index (χ4n) is 8.02. The van der Waals surface area contributed by atoms with Crippen LogP contribution < -0.4 is 0 Å². The van der Waals surface area contributed by atoms with E-state index in [1.807, 2.05) is 97.1 Å². The summed E-state index contributed by atoms with van der Waals surface area (Å²) in [6, 6.07) is 40.9. The number of furan rings is 1. The fraction of sp³-hybridized carbons (Fsp3) is 0. The summed E-state index contributed by atoms with van der Waals surface area (Å²) in [6.45, 7) is 0. The molecular weight excluding hydrogens is 617 g/mol. The van der Waals surface area contributed by atoms with Crippen molar-refractivity contribution in [3.8, 4) is 33.4 Å². The second-order valence-corrected chi connectivity index (χ2v) is 13.0. The van der Waals surface area contributed by atoms with Crippen LogP contribution in [0.25, 0.3) is 109 Å². The normalized spacial score (nSPS) is 14.1. The van der Waals surface area contributed by atoms with Crippen molar-refractivity contribution >= 4 is 75.8 Å². The van der Waals surface area contributed by atoms with Gasteiger partial charge < -0.3 is 4.42 Å². The highest BCUT2D eigenvalue weighted by Crippen LogP contribution is 2.46. The van der Waals surface area contributed by atoms with E-state index in [2.05, 4.69) is 36.4 Å². The Labute approximate surface area is 305 Å². The Morgan fingerprint density at radius 1 is 0.353 bits per heavy atom. The average Bonchev–Trinajstić information content (AvgIpc) is 3.67. The average molecular weight is 655 g/mol. The second kappa shape index (κ2) is 10.9. The molecule has 0 saturated heterocycles. The number of hydrogen-bond acceptors (Lipinski definition) is 1. The Balaban J connectivity index is 1.26. The van der Waals surface area contributed by atoms with Crippen molar-refractivity contribution < 1.29 is 15.4 Å². The summed E-state index contributed by atoms with van der Waals surface area (Å²) >= 11 is 0. The van der Waals surface area contributed by atoms with Crippen LogP contribution in [0.2, 0.25) is 0 Å². The molecule has 1 nitrogen and oxygen atoms in total. The van der Waals surface area contributed by atoms with Crippen LogP contribution in [0.4, 0.5) is 0 Å². The quantitative estimate of drug-likeness (QED) is 0.173. The third-order valence-corrected chi connectivity index (χ3v) is 10.3. The summed E-state index contributed by atoms with van der Waals surface area (Å²) < 4.78 is 79.5. The molecule has 0 atom stereocenters. The molecule has 0 N–H and O–H groups in total. The number of rotatable bonds is 3. The van der Waals surface area contributed by atoms with Gasteiger partial charge in [-0.25, -0.2) is 0 Å². The largest absolute Gasteiger partial charge is 0.456 e. The van der Waals surface area contributed by atoms with Gasteiger partial charge in [-0.15, -0.1) is 0 Å². The van der Waals surface area contributed by atoms with E-state index in [-0.39, 0.29) is 45.7 Å². The summed E-state index contributed by atoms with van der Waals surface area (Å²) in [7, 11) is 0. The molecule has 0 spiro atoms. The van der Waals surface area contributed by atoms with Crippen LogP contribution in [0.15, 0.2) is 186 Å². The molecule has 0 aliphatic rings. The monoisotopic (exact) mass is 654 g/mol. The second-order valence-electron chi connectivity index (χ2n) is 13.0. The lowest BCUT2D eigenvalue weighted by molar-refractivity contribution is 0.669. The van der Waals surface area contributed by atoms with Crippen molar-refractivity contribution in [2.24, 2.45) is 0 Å². The zero-order valence-corrected chi connectivity index (χ0v) is 27.1. The zero-order chi connectivity index (χ0) is 40.4. The highest BCUT2D eigenvalue weighted by molar-refractivity contribution is 6.25. The van der Waals surface area contributed by atoms with Gasteiger partial charge in [0.05, 0.1) is 11.0 Å². The Hall–Kier alpha value is -6.70. The summed E-state index contributed by atoms with van der Waals surface area (Å²) in [5.41, 5.74) is 5.33. The maximum atomic E-state index is 9.44. The van der Waals surface area contributed by atoms with Gasteiger partial charge in [-0.3, -0.25) is 0 Å². The van der Waals surface area contributed by atoms with Gasteiger partial charge in [0.2, 0.25) is 0 Å².